The molecule has 7 nitrogen and oxygen atoms in total. The number of benzene rings is 2. The van der Waals surface area contributed by atoms with Crippen molar-refractivity contribution in [2.24, 2.45) is 4.99 Å². The smallest absolute Gasteiger partial charge is 0.252 e. The second-order valence-electron chi connectivity index (χ2n) is 6.65. The highest BCUT2D eigenvalue weighted by atomic mass is 127. The van der Waals surface area contributed by atoms with Crippen LogP contribution in [0.3, 0.4) is 0 Å². The number of guanidine groups is 1. The largest absolute Gasteiger partial charge is 0.497 e. The van der Waals surface area contributed by atoms with E-state index in [9.17, 15) is 4.79 Å². The average Bonchev–Trinajstić information content (AvgIpc) is 2.80. The molecule has 176 valence electrons. The minimum Gasteiger partial charge on any atom is -0.497 e. The summed E-state index contributed by atoms with van der Waals surface area (Å²) in [6.45, 7) is 5.61. The van der Waals surface area contributed by atoms with Gasteiger partial charge < -0.3 is 25.4 Å². The number of carbonyl (C=O) groups excluding carboxylic acids is 1. The molecular weight excluding hydrogens is 543 g/mol. The molecule has 0 fully saturated rings. The molecule has 2 rings (SSSR count). The normalized spacial score (nSPS) is 10.8. The summed E-state index contributed by atoms with van der Waals surface area (Å²) in [5, 5.41) is 9.85. The van der Waals surface area contributed by atoms with Gasteiger partial charge in [0.05, 0.1) is 24.2 Å². The van der Waals surface area contributed by atoms with Crippen molar-refractivity contribution in [1.82, 2.24) is 16.0 Å². The van der Waals surface area contributed by atoms with Crippen LogP contribution in [-0.2, 0) is 11.3 Å². The molecule has 0 atom stereocenters. The van der Waals surface area contributed by atoms with Gasteiger partial charge in [-0.15, -0.1) is 24.0 Å². The van der Waals surface area contributed by atoms with Crippen molar-refractivity contribution in [3.63, 3.8) is 0 Å². The highest BCUT2D eigenvalue weighted by Crippen LogP contribution is 2.14. The van der Waals surface area contributed by atoms with Crippen LogP contribution in [0, 0.1) is 0 Å². The first-order chi connectivity index (χ1) is 15.1. The fraction of sp³-hybridized carbons (Fsp3) is 0.391. The van der Waals surface area contributed by atoms with Gasteiger partial charge >= 0.3 is 0 Å². The Morgan fingerprint density at radius 1 is 1.00 bits per heavy atom. The molecule has 0 aliphatic rings. The standard InChI is InChI=1S/C23H31ClN4O3.HI/c1-3-31-16-6-13-26-23(28-17-18-9-11-19(30-2)12-10-18)27-15-14-25-22(29)20-7-4-5-8-21(20)24;/h4-5,7-12H,3,6,13-17H2,1-2H3,(H,25,29)(H2,26,27,28);1H. The summed E-state index contributed by atoms with van der Waals surface area (Å²) in [5.41, 5.74) is 1.54. The van der Waals surface area contributed by atoms with E-state index in [4.69, 9.17) is 21.1 Å². The number of amides is 1. The third kappa shape index (κ3) is 10.5. The Morgan fingerprint density at radius 3 is 2.38 bits per heavy atom. The lowest BCUT2D eigenvalue weighted by Gasteiger charge is -2.13. The average molecular weight is 575 g/mol. The first-order valence-electron chi connectivity index (χ1n) is 10.4. The third-order valence-electron chi connectivity index (χ3n) is 4.36. The van der Waals surface area contributed by atoms with Gasteiger partial charge in [0.25, 0.3) is 5.91 Å². The molecule has 0 aliphatic carbocycles. The molecule has 0 heterocycles. The van der Waals surface area contributed by atoms with Crippen LogP contribution in [0.25, 0.3) is 0 Å². The van der Waals surface area contributed by atoms with Gasteiger partial charge in [-0.25, -0.2) is 4.99 Å². The Kier molecular flexibility index (Phi) is 14.5. The number of aliphatic imine (C=N–C) groups is 1. The summed E-state index contributed by atoms with van der Waals surface area (Å²) in [6, 6.07) is 14.8. The lowest BCUT2D eigenvalue weighted by atomic mass is 10.2. The molecule has 9 heteroatoms. The van der Waals surface area contributed by atoms with Crippen LogP contribution in [0.4, 0.5) is 0 Å². The summed E-state index contributed by atoms with van der Waals surface area (Å²) >= 11 is 6.07. The third-order valence-corrected chi connectivity index (χ3v) is 4.69. The number of methoxy groups -OCH3 is 1. The Balaban J connectivity index is 0.00000512. The van der Waals surface area contributed by atoms with Gasteiger partial charge in [0.15, 0.2) is 5.96 Å². The molecule has 1 amide bonds. The first-order valence-corrected chi connectivity index (χ1v) is 10.8. The van der Waals surface area contributed by atoms with E-state index in [1.807, 2.05) is 31.2 Å². The zero-order chi connectivity index (χ0) is 22.3. The predicted octanol–water partition coefficient (Wildman–Crippen LogP) is 3.86. The first kappa shape index (κ1) is 28.0. The fourth-order valence-electron chi connectivity index (χ4n) is 2.70. The van der Waals surface area contributed by atoms with Gasteiger partial charge in [-0.05, 0) is 43.2 Å². The molecule has 0 saturated carbocycles. The Morgan fingerprint density at radius 2 is 1.69 bits per heavy atom. The summed E-state index contributed by atoms with van der Waals surface area (Å²) < 4.78 is 10.6. The van der Waals surface area contributed by atoms with Crippen molar-refractivity contribution >= 4 is 47.4 Å². The number of hydrogen-bond donors (Lipinski definition) is 3. The number of ether oxygens (including phenoxy) is 2. The lowest BCUT2D eigenvalue weighted by molar-refractivity contribution is 0.0954. The maximum Gasteiger partial charge on any atom is 0.252 e. The Labute approximate surface area is 212 Å². The molecule has 0 saturated heterocycles. The van der Waals surface area contributed by atoms with Crippen LogP contribution < -0.4 is 20.7 Å². The van der Waals surface area contributed by atoms with E-state index < -0.39 is 0 Å². The molecule has 2 aromatic rings. The van der Waals surface area contributed by atoms with E-state index in [0.717, 1.165) is 24.3 Å². The highest BCUT2D eigenvalue weighted by molar-refractivity contribution is 14.0. The SMILES string of the molecule is CCOCCCNC(=NCc1ccc(OC)cc1)NCCNC(=O)c1ccccc1Cl.I. The Bertz CT molecular complexity index is 834. The highest BCUT2D eigenvalue weighted by Gasteiger charge is 2.08. The van der Waals surface area contributed by atoms with Crippen molar-refractivity contribution in [2.45, 2.75) is 19.9 Å². The van der Waals surface area contributed by atoms with Gasteiger partial charge in [0.2, 0.25) is 0 Å². The van der Waals surface area contributed by atoms with Crippen molar-refractivity contribution in [1.29, 1.82) is 0 Å². The molecule has 0 unspecified atom stereocenters. The second-order valence-corrected chi connectivity index (χ2v) is 7.06. The molecule has 2 aromatic carbocycles. The van der Waals surface area contributed by atoms with Crippen molar-refractivity contribution in [3.8, 4) is 5.75 Å². The summed E-state index contributed by atoms with van der Waals surface area (Å²) in [5.74, 6) is 1.29. The van der Waals surface area contributed by atoms with Crippen LogP contribution in [0.15, 0.2) is 53.5 Å². The quantitative estimate of drug-likeness (QED) is 0.155. The number of nitrogens with one attached hydrogen (secondary N) is 3. The second kappa shape index (κ2) is 16.6. The van der Waals surface area contributed by atoms with Crippen molar-refractivity contribution < 1.29 is 14.3 Å². The lowest BCUT2D eigenvalue weighted by Crippen LogP contribution is -2.42. The summed E-state index contributed by atoms with van der Waals surface area (Å²) in [7, 11) is 1.64. The van der Waals surface area contributed by atoms with Crippen LogP contribution in [0.5, 0.6) is 5.75 Å². The fourth-order valence-corrected chi connectivity index (χ4v) is 2.92. The topological polar surface area (TPSA) is 84.0 Å². The molecule has 0 radical (unpaired) electrons. The Hall–Kier alpha value is -2.04. The van der Waals surface area contributed by atoms with Crippen LogP contribution in [0.2, 0.25) is 5.02 Å². The minimum absolute atomic E-state index is 0. The number of carbonyl (C=O) groups is 1. The molecule has 3 N–H and O–H groups in total. The molecule has 0 bridgehead atoms. The summed E-state index contributed by atoms with van der Waals surface area (Å²) in [6.07, 6.45) is 0.875. The van der Waals surface area contributed by atoms with E-state index in [2.05, 4.69) is 20.9 Å². The van der Waals surface area contributed by atoms with E-state index in [1.165, 1.54) is 0 Å². The van der Waals surface area contributed by atoms with Gasteiger partial charge in [0, 0.05) is 32.8 Å². The van der Waals surface area contributed by atoms with Gasteiger partial charge in [0.1, 0.15) is 5.75 Å². The van der Waals surface area contributed by atoms with E-state index >= 15 is 0 Å². The van der Waals surface area contributed by atoms with Crippen molar-refractivity contribution in [3.05, 3.63) is 64.7 Å². The van der Waals surface area contributed by atoms with Crippen LogP contribution in [0.1, 0.15) is 29.3 Å². The number of nitrogens with zero attached hydrogens (tertiary/aromatic N) is 1. The van der Waals surface area contributed by atoms with Crippen LogP contribution >= 0.6 is 35.6 Å². The van der Waals surface area contributed by atoms with E-state index in [0.29, 0.717) is 49.4 Å². The maximum atomic E-state index is 12.3. The van der Waals surface area contributed by atoms with Gasteiger partial charge in [-0.3, -0.25) is 4.79 Å². The number of halogens is 2. The van der Waals surface area contributed by atoms with E-state index in [-0.39, 0.29) is 29.9 Å². The van der Waals surface area contributed by atoms with Gasteiger partial charge in [-0.2, -0.15) is 0 Å². The number of hydrogen-bond acceptors (Lipinski definition) is 4. The van der Waals surface area contributed by atoms with Gasteiger partial charge in [-0.1, -0.05) is 35.9 Å². The zero-order valence-electron chi connectivity index (χ0n) is 18.5. The molecule has 0 spiro atoms. The molecule has 0 aliphatic heterocycles. The predicted molar refractivity (Wildman–Crippen MR) is 140 cm³/mol. The van der Waals surface area contributed by atoms with Crippen molar-refractivity contribution in [2.75, 3.05) is 40.0 Å². The van der Waals surface area contributed by atoms with Crippen LogP contribution in [-0.4, -0.2) is 51.8 Å². The monoisotopic (exact) mass is 574 g/mol. The maximum absolute atomic E-state index is 12.3. The zero-order valence-corrected chi connectivity index (χ0v) is 21.6. The molecular formula is C23H32ClIN4O3. The molecule has 0 aromatic heterocycles. The van der Waals surface area contributed by atoms with E-state index in [1.54, 1.807) is 31.4 Å². The number of rotatable bonds is 12. The minimum atomic E-state index is -0.200. The summed E-state index contributed by atoms with van der Waals surface area (Å²) in [4.78, 5) is 16.9. The molecule has 32 heavy (non-hydrogen) atoms.